The molecule has 1 atom stereocenters. The molecule has 2 saturated heterocycles. The summed E-state index contributed by atoms with van der Waals surface area (Å²) >= 11 is 0. The van der Waals surface area contributed by atoms with Gasteiger partial charge >= 0.3 is 0 Å². The molecular weight excluding hydrogens is 354 g/mol. The maximum Gasteiger partial charge on any atom is 0.236 e. The summed E-state index contributed by atoms with van der Waals surface area (Å²) in [6, 6.07) is 4.11. The number of piperazine rings is 1. The lowest BCUT2D eigenvalue weighted by molar-refractivity contribution is -0.134. The second-order valence-electron chi connectivity index (χ2n) is 8.27. The van der Waals surface area contributed by atoms with Gasteiger partial charge in [0.25, 0.3) is 0 Å². The molecule has 156 valence electrons. The zero-order chi connectivity index (χ0) is 20.1. The third kappa shape index (κ3) is 5.17. The predicted molar refractivity (Wildman–Crippen MR) is 111 cm³/mol. The van der Waals surface area contributed by atoms with E-state index >= 15 is 0 Å². The molecule has 0 bridgehead atoms. The molecule has 6 heteroatoms. The van der Waals surface area contributed by atoms with Crippen LogP contribution < -0.4 is 9.47 Å². The van der Waals surface area contributed by atoms with Crippen LogP contribution in [0, 0.1) is 12.8 Å². The average Bonchev–Trinajstić information content (AvgIpc) is 2.69. The molecule has 0 spiro atoms. The largest absolute Gasteiger partial charge is 0.493 e. The summed E-state index contributed by atoms with van der Waals surface area (Å²) < 4.78 is 10.8. The quantitative estimate of drug-likeness (QED) is 0.748. The zero-order valence-electron chi connectivity index (χ0n) is 17.9. The van der Waals surface area contributed by atoms with Crippen LogP contribution in [0.3, 0.4) is 0 Å². The maximum absolute atomic E-state index is 12.7. The van der Waals surface area contributed by atoms with Crippen molar-refractivity contribution in [3.8, 4) is 11.5 Å². The Labute approximate surface area is 169 Å². The Balaban J connectivity index is 1.51. The van der Waals surface area contributed by atoms with E-state index in [1.54, 1.807) is 14.2 Å². The van der Waals surface area contributed by atoms with Crippen molar-refractivity contribution in [3.63, 3.8) is 0 Å². The number of amides is 1. The van der Waals surface area contributed by atoms with Crippen molar-refractivity contribution in [1.29, 1.82) is 0 Å². The highest BCUT2D eigenvalue weighted by Gasteiger charge is 2.25. The monoisotopic (exact) mass is 389 g/mol. The molecule has 1 amide bonds. The van der Waals surface area contributed by atoms with Crippen LogP contribution in [0.1, 0.15) is 30.9 Å². The second-order valence-corrected chi connectivity index (χ2v) is 8.27. The van der Waals surface area contributed by atoms with Crippen LogP contribution in [0.2, 0.25) is 0 Å². The van der Waals surface area contributed by atoms with Gasteiger partial charge in [0.1, 0.15) is 0 Å². The number of likely N-dealkylation sites (tertiary alicyclic amines) is 1. The van der Waals surface area contributed by atoms with Crippen LogP contribution in [0.4, 0.5) is 0 Å². The molecule has 2 aliphatic heterocycles. The lowest BCUT2D eigenvalue weighted by Crippen LogP contribution is -2.51. The van der Waals surface area contributed by atoms with Gasteiger partial charge in [-0.2, -0.15) is 0 Å². The van der Waals surface area contributed by atoms with Crippen molar-refractivity contribution in [2.24, 2.45) is 5.92 Å². The Morgan fingerprint density at radius 1 is 1.04 bits per heavy atom. The molecule has 0 radical (unpaired) electrons. The first kappa shape index (κ1) is 20.9. The summed E-state index contributed by atoms with van der Waals surface area (Å²) in [5.41, 5.74) is 2.45. The zero-order valence-corrected chi connectivity index (χ0v) is 17.9. The van der Waals surface area contributed by atoms with Gasteiger partial charge in [-0.25, -0.2) is 0 Å². The number of methoxy groups -OCH3 is 2. The van der Waals surface area contributed by atoms with Crippen LogP contribution in [0.5, 0.6) is 11.5 Å². The van der Waals surface area contributed by atoms with Crippen molar-refractivity contribution in [1.82, 2.24) is 14.7 Å². The first-order valence-corrected chi connectivity index (χ1v) is 10.4. The number of ether oxygens (including phenoxy) is 2. The fraction of sp³-hybridized carbons (Fsp3) is 0.682. The topological polar surface area (TPSA) is 45.2 Å². The molecule has 1 aromatic rings. The van der Waals surface area contributed by atoms with Crippen molar-refractivity contribution >= 4 is 5.91 Å². The highest BCUT2D eigenvalue weighted by molar-refractivity contribution is 5.78. The first-order chi connectivity index (χ1) is 13.5. The summed E-state index contributed by atoms with van der Waals surface area (Å²) in [4.78, 5) is 19.5. The first-order valence-electron chi connectivity index (χ1n) is 10.4. The minimum atomic E-state index is 0.288. The molecule has 6 nitrogen and oxygen atoms in total. The van der Waals surface area contributed by atoms with Crippen LogP contribution in [0.15, 0.2) is 12.1 Å². The molecule has 0 N–H and O–H groups in total. The fourth-order valence-corrected chi connectivity index (χ4v) is 4.31. The highest BCUT2D eigenvalue weighted by atomic mass is 16.5. The van der Waals surface area contributed by atoms with Gasteiger partial charge in [-0.15, -0.1) is 0 Å². The highest BCUT2D eigenvalue weighted by Crippen LogP contribution is 2.31. The molecule has 3 rings (SSSR count). The summed E-state index contributed by atoms with van der Waals surface area (Å²) in [6.07, 6.45) is 2.51. The molecule has 1 aromatic carbocycles. The van der Waals surface area contributed by atoms with E-state index in [-0.39, 0.29) is 5.91 Å². The van der Waals surface area contributed by atoms with Crippen LogP contribution in [-0.2, 0) is 11.3 Å². The smallest absolute Gasteiger partial charge is 0.236 e. The summed E-state index contributed by atoms with van der Waals surface area (Å²) in [5, 5.41) is 0. The predicted octanol–water partition coefficient (Wildman–Crippen LogP) is 2.39. The molecule has 2 aliphatic rings. The lowest BCUT2D eigenvalue weighted by Gasteiger charge is -2.37. The normalized spacial score (nSPS) is 21.6. The van der Waals surface area contributed by atoms with E-state index in [4.69, 9.17) is 9.47 Å². The third-order valence-electron chi connectivity index (χ3n) is 6.06. The van der Waals surface area contributed by atoms with Gasteiger partial charge in [0, 0.05) is 39.3 Å². The number of carbonyl (C=O) groups excluding carboxylic acids is 1. The number of piperidine rings is 1. The van der Waals surface area contributed by atoms with Crippen LogP contribution in [0.25, 0.3) is 0 Å². The van der Waals surface area contributed by atoms with E-state index in [1.165, 1.54) is 24.0 Å². The summed E-state index contributed by atoms with van der Waals surface area (Å²) in [7, 11) is 3.34. The van der Waals surface area contributed by atoms with E-state index in [0.29, 0.717) is 12.5 Å². The van der Waals surface area contributed by atoms with Crippen molar-refractivity contribution < 1.29 is 14.3 Å². The van der Waals surface area contributed by atoms with Crippen LogP contribution >= 0.6 is 0 Å². The molecule has 2 heterocycles. The molecule has 0 aliphatic carbocycles. The van der Waals surface area contributed by atoms with E-state index in [0.717, 1.165) is 57.3 Å². The Morgan fingerprint density at radius 3 is 2.36 bits per heavy atom. The number of hydrogen-bond donors (Lipinski definition) is 0. The second kappa shape index (κ2) is 9.61. The minimum absolute atomic E-state index is 0.288. The van der Waals surface area contributed by atoms with Crippen LogP contribution in [-0.4, -0.2) is 80.6 Å². The average molecular weight is 390 g/mol. The van der Waals surface area contributed by atoms with E-state index < -0.39 is 0 Å². The van der Waals surface area contributed by atoms with Gasteiger partial charge in [0.15, 0.2) is 11.5 Å². The maximum atomic E-state index is 12.7. The van der Waals surface area contributed by atoms with Gasteiger partial charge in [-0.05, 0) is 55.5 Å². The lowest BCUT2D eigenvalue weighted by atomic mass is 10.0. The minimum Gasteiger partial charge on any atom is -0.493 e. The Hall–Kier alpha value is -1.79. The number of nitrogens with zero attached hydrogens (tertiary/aromatic N) is 3. The number of benzene rings is 1. The molecule has 1 unspecified atom stereocenters. The van der Waals surface area contributed by atoms with Gasteiger partial charge in [-0.3, -0.25) is 14.6 Å². The van der Waals surface area contributed by atoms with E-state index in [9.17, 15) is 4.79 Å². The number of carbonyl (C=O) groups is 1. The van der Waals surface area contributed by atoms with Gasteiger partial charge in [0.2, 0.25) is 5.91 Å². The number of hydrogen-bond acceptors (Lipinski definition) is 5. The van der Waals surface area contributed by atoms with Gasteiger partial charge in [-0.1, -0.05) is 6.92 Å². The summed E-state index contributed by atoms with van der Waals surface area (Å²) in [6.45, 7) is 11.4. The van der Waals surface area contributed by atoms with Crippen molar-refractivity contribution in [3.05, 3.63) is 23.3 Å². The third-order valence-corrected chi connectivity index (χ3v) is 6.06. The van der Waals surface area contributed by atoms with Crippen molar-refractivity contribution in [2.45, 2.75) is 33.2 Å². The standard InChI is InChI=1S/C22H35N3O3/c1-17-6-5-7-24(14-17)16-22(26)25-10-8-23(9-11-25)15-19-13-21(28-4)20(27-3)12-18(19)2/h12-13,17H,5-11,14-16H2,1-4H3. The van der Waals surface area contributed by atoms with Crippen molar-refractivity contribution in [2.75, 3.05) is 60.0 Å². The Morgan fingerprint density at radius 2 is 1.71 bits per heavy atom. The molecule has 0 saturated carbocycles. The number of rotatable bonds is 6. The molecular formula is C22H35N3O3. The molecule has 28 heavy (non-hydrogen) atoms. The molecule has 0 aromatic heterocycles. The Bertz CT molecular complexity index is 671. The Kier molecular flexibility index (Phi) is 7.18. The fourth-order valence-electron chi connectivity index (χ4n) is 4.31. The number of aryl methyl sites for hydroxylation is 1. The SMILES string of the molecule is COc1cc(C)c(CN2CCN(C(=O)CN3CCCC(C)C3)CC2)cc1OC. The van der Waals surface area contributed by atoms with Gasteiger partial charge < -0.3 is 14.4 Å². The van der Waals surface area contributed by atoms with E-state index in [2.05, 4.69) is 29.7 Å². The summed E-state index contributed by atoms with van der Waals surface area (Å²) in [5.74, 6) is 2.54. The molecule has 2 fully saturated rings. The van der Waals surface area contributed by atoms with Gasteiger partial charge in [0.05, 0.1) is 20.8 Å². The van der Waals surface area contributed by atoms with E-state index in [1.807, 2.05) is 11.0 Å².